The number of aryl methyl sites for hydroxylation is 1. The average molecular weight is 193 g/mol. The zero-order valence-electron chi connectivity index (χ0n) is 9.20. The van der Waals surface area contributed by atoms with Crippen LogP contribution in [0.2, 0.25) is 0 Å². The molecule has 1 rings (SSSR count). The second-order valence-electron chi connectivity index (χ2n) is 3.97. The minimum absolute atomic E-state index is 0.260. The maximum absolute atomic E-state index is 9.23. The number of benzene rings is 1. The minimum atomic E-state index is -0.260. The van der Waals surface area contributed by atoms with E-state index >= 15 is 0 Å². The fourth-order valence-electron chi connectivity index (χ4n) is 1.59. The van der Waals surface area contributed by atoms with E-state index in [4.69, 9.17) is 0 Å². The van der Waals surface area contributed by atoms with E-state index in [0.717, 1.165) is 6.54 Å². The lowest BCUT2D eigenvalue weighted by atomic mass is 10.1. The highest BCUT2D eigenvalue weighted by Crippen LogP contribution is 2.09. The van der Waals surface area contributed by atoms with Gasteiger partial charge in [-0.1, -0.05) is 24.3 Å². The Morgan fingerprint density at radius 3 is 2.57 bits per heavy atom. The molecule has 78 valence electrons. The maximum Gasteiger partial charge on any atom is 0.0639 e. The molecule has 0 amide bonds. The van der Waals surface area contributed by atoms with Crippen molar-refractivity contribution in [3.05, 3.63) is 35.4 Å². The molecule has 1 aromatic rings. The third-order valence-electron chi connectivity index (χ3n) is 2.28. The lowest BCUT2D eigenvalue weighted by Gasteiger charge is -2.19. The Labute approximate surface area is 86.2 Å². The molecule has 0 bridgehead atoms. The molecule has 1 N–H and O–H groups in total. The number of hydrogen-bond donors (Lipinski definition) is 1. The molecule has 0 aliphatic heterocycles. The average Bonchev–Trinajstić information content (AvgIpc) is 2.07. The summed E-state index contributed by atoms with van der Waals surface area (Å²) >= 11 is 0. The number of rotatable bonds is 4. The second-order valence-corrected chi connectivity index (χ2v) is 3.97. The zero-order valence-corrected chi connectivity index (χ0v) is 9.20. The van der Waals surface area contributed by atoms with Crippen molar-refractivity contribution >= 4 is 0 Å². The molecule has 2 heteroatoms. The van der Waals surface area contributed by atoms with Gasteiger partial charge in [0.2, 0.25) is 0 Å². The number of likely N-dealkylation sites (N-methyl/N-ethyl adjacent to an activating group) is 1. The van der Waals surface area contributed by atoms with E-state index in [1.54, 1.807) is 0 Å². The standard InChI is InChI=1S/C12H19NO/c1-10-6-4-5-7-12(10)9-13(3)8-11(2)14/h4-7,11,14H,8-9H2,1-3H3/t11-/m0/s1. The van der Waals surface area contributed by atoms with Gasteiger partial charge in [-0.05, 0) is 32.0 Å². The Kier molecular flexibility index (Phi) is 4.11. The molecule has 0 saturated heterocycles. The first-order chi connectivity index (χ1) is 6.59. The van der Waals surface area contributed by atoms with Gasteiger partial charge in [-0.2, -0.15) is 0 Å². The van der Waals surface area contributed by atoms with E-state index in [-0.39, 0.29) is 6.10 Å². The third kappa shape index (κ3) is 3.48. The van der Waals surface area contributed by atoms with E-state index in [1.165, 1.54) is 11.1 Å². The molecule has 2 nitrogen and oxygen atoms in total. The molecule has 0 saturated carbocycles. The monoisotopic (exact) mass is 193 g/mol. The van der Waals surface area contributed by atoms with Gasteiger partial charge in [-0.15, -0.1) is 0 Å². The van der Waals surface area contributed by atoms with Crippen LogP contribution in [0.5, 0.6) is 0 Å². The summed E-state index contributed by atoms with van der Waals surface area (Å²) in [6, 6.07) is 8.35. The topological polar surface area (TPSA) is 23.5 Å². The van der Waals surface area contributed by atoms with Gasteiger partial charge in [-0.3, -0.25) is 4.90 Å². The van der Waals surface area contributed by atoms with Gasteiger partial charge in [0.05, 0.1) is 6.10 Å². The molecule has 1 atom stereocenters. The summed E-state index contributed by atoms with van der Waals surface area (Å²) in [5.74, 6) is 0. The summed E-state index contributed by atoms with van der Waals surface area (Å²) in [5.41, 5.74) is 2.64. The number of hydrogen-bond acceptors (Lipinski definition) is 2. The van der Waals surface area contributed by atoms with E-state index in [9.17, 15) is 5.11 Å². The summed E-state index contributed by atoms with van der Waals surface area (Å²) in [6.07, 6.45) is -0.260. The summed E-state index contributed by atoms with van der Waals surface area (Å²) in [4.78, 5) is 2.13. The minimum Gasteiger partial charge on any atom is -0.392 e. The highest BCUT2D eigenvalue weighted by molar-refractivity contribution is 5.25. The first-order valence-corrected chi connectivity index (χ1v) is 5.00. The summed E-state index contributed by atoms with van der Waals surface area (Å²) < 4.78 is 0. The Morgan fingerprint density at radius 2 is 2.00 bits per heavy atom. The van der Waals surface area contributed by atoms with Crippen LogP contribution in [-0.2, 0) is 6.54 Å². The van der Waals surface area contributed by atoms with Crippen LogP contribution in [0, 0.1) is 6.92 Å². The lowest BCUT2D eigenvalue weighted by molar-refractivity contribution is 0.138. The third-order valence-corrected chi connectivity index (χ3v) is 2.28. The predicted molar refractivity (Wildman–Crippen MR) is 59.2 cm³/mol. The Balaban J connectivity index is 2.56. The number of nitrogens with zero attached hydrogens (tertiary/aromatic N) is 1. The van der Waals surface area contributed by atoms with Crippen molar-refractivity contribution in [2.75, 3.05) is 13.6 Å². The van der Waals surface area contributed by atoms with Crippen molar-refractivity contribution < 1.29 is 5.11 Å². The van der Waals surface area contributed by atoms with E-state index < -0.39 is 0 Å². The highest BCUT2D eigenvalue weighted by atomic mass is 16.3. The first-order valence-electron chi connectivity index (χ1n) is 5.00. The Hall–Kier alpha value is -0.860. The predicted octanol–water partition coefficient (Wildman–Crippen LogP) is 1.81. The fourth-order valence-corrected chi connectivity index (χ4v) is 1.59. The van der Waals surface area contributed by atoms with Crippen LogP contribution in [0.25, 0.3) is 0 Å². The fraction of sp³-hybridized carbons (Fsp3) is 0.500. The van der Waals surface area contributed by atoms with Crippen molar-refractivity contribution in [1.29, 1.82) is 0 Å². The van der Waals surface area contributed by atoms with Crippen molar-refractivity contribution in [1.82, 2.24) is 4.90 Å². The van der Waals surface area contributed by atoms with Gasteiger partial charge in [0.1, 0.15) is 0 Å². The number of aliphatic hydroxyl groups excluding tert-OH is 1. The van der Waals surface area contributed by atoms with Crippen LogP contribution >= 0.6 is 0 Å². The van der Waals surface area contributed by atoms with Gasteiger partial charge in [0.15, 0.2) is 0 Å². The zero-order chi connectivity index (χ0) is 10.6. The highest BCUT2D eigenvalue weighted by Gasteiger charge is 2.04. The van der Waals surface area contributed by atoms with Crippen molar-refractivity contribution in [2.24, 2.45) is 0 Å². The molecule has 0 spiro atoms. The Morgan fingerprint density at radius 1 is 1.36 bits per heavy atom. The number of aliphatic hydroxyl groups is 1. The maximum atomic E-state index is 9.23. The summed E-state index contributed by atoms with van der Waals surface area (Å²) in [5, 5.41) is 9.23. The summed E-state index contributed by atoms with van der Waals surface area (Å²) in [6.45, 7) is 5.55. The van der Waals surface area contributed by atoms with Crippen molar-refractivity contribution in [3.8, 4) is 0 Å². The van der Waals surface area contributed by atoms with Gasteiger partial charge in [0.25, 0.3) is 0 Å². The van der Waals surface area contributed by atoms with Gasteiger partial charge < -0.3 is 5.11 Å². The molecule has 0 aliphatic rings. The van der Waals surface area contributed by atoms with Crippen LogP contribution in [0.3, 0.4) is 0 Å². The molecule has 0 unspecified atom stereocenters. The molecule has 0 aliphatic carbocycles. The Bertz CT molecular complexity index is 283. The molecular formula is C12H19NO. The summed E-state index contributed by atoms with van der Waals surface area (Å²) in [7, 11) is 2.03. The first kappa shape index (κ1) is 11.2. The quantitative estimate of drug-likeness (QED) is 0.788. The van der Waals surface area contributed by atoms with Gasteiger partial charge in [-0.25, -0.2) is 0 Å². The van der Waals surface area contributed by atoms with Crippen LogP contribution in [0.15, 0.2) is 24.3 Å². The van der Waals surface area contributed by atoms with Crippen molar-refractivity contribution in [2.45, 2.75) is 26.5 Å². The normalized spacial score (nSPS) is 13.2. The molecule has 0 heterocycles. The van der Waals surface area contributed by atoms with Gasteiger partial charge >= 0.3 is 0 Å². The van der Waals surface area contributed by atoms with E-state index in [2.05, 4.69) is 30.0 Å². The van der Waals surface area contributed by atoms with Crippen LogP contribution < -0.4 is 0 Å². The molecule has 0 aromatic heterocycles. The van der Waals surface area contributed by atoms with Crippen LogP contribution in [0.1, 0.15) is 18.1 Å². The molecular weight excluding hydrogens is 174 g/mol. The molecule has 1 aromatic carbocycles. The molecule has 0 radical (unpaired) electrons. The second kappa shape index (κ2) is 5.13. The van der Waals surface area contributed by atoms with Crippen LogP contribution in [-0.4, -0.2) is 29.7 Å². The van der Waals surface area contributed by atoms with Crippen molar-refractivity contribution in [3.63, 3.8) is 0 Å². The smallest absolute Gasteiger partial charge is 0.0639 e. The largest absolute Gasteiger partial charge is 0.392 e. The van der Waals surface area contributed by atoms with Gasteiger partial charge in [0, 0.05) is 13.1 Å². The van der Waals surface area contributed by atoms with E-state index in [1.807, 2.05) is 20.0 Å². The SMILES string of the molecule is Cc1ccccc1CN(C)C[C@H](C)O. The lowest BCUT2D eigenvalue weighted by Crippen LogP contribution is -2.26. The van der Waals surface area contributed by atoms with Crippen LogP contribution in [0.4, 0.5) is 0 Å². The molecule has 0 fully saturated rings. The molecule has 14 heavy (non-hydrogen) atoms. The van der Waals surface area contributed by atoms with E-state index in [0.29, 0.717) is 6.54 Å².